The number of aromatic nitrogens is 1. The van der Waals surface area contributed by atoms with E-state index in [4.69, 9.17) is 4.42 Å². The second-order valence-corrected chi connectivity index (χ2v) is 4.79. The topological polar surface area (TPSA) is 41.9 Å². The van der Waals surface area contributed by atoms with Crippen molar-refractivity contribution in [2.75, 3.05) is 0 Å². The Balaban J connectivity index is 1.90. The molecule has 0 saturated carbocycles. The van der Waals surface area contributed by atoms with Gasteiger partial charge in [0.1, 0.15) is 23.3 Å². The van der Waals surface area contributed by atoms with Gasteiger partial charge in [-0.25, -0.2) is 4.39 Å². The number of nitrogens with zero attached hydrogens (tertiary/aromatic N) is 2. The smallest absolute Gasteiger partial charge is 0.123 e. The second kappa shape index (κ2) is 5.68. The van der Waals surface area contributed by atoms with Crippen LogP contribution >= 0.6 is 0 Å². The molecule has 2 heterocycles. The molecule has 3 rings (SSSR count). The minimum Gasteiger partial charge on any atom is -0.469 e. The number of hydrogen-bond acceptors (Lipinski definition) is 2. The number of rotatable bonds is 4. The maximum Gasteiger partial charge on any atom is 0.123 e. The quantitative estimate of drug-likeness (QED) is 0.730. The average Bonchev–Trinajstić information content (AvgIpc) is 3.13. The van der Waals surface area contributed by atoms with Crippen LogP contribution in [0.15, 0.2) is 59.2 Å². The van der Waals surface area contributed by atoms with Gasteiger partial charge in [0, 0.05) is 18.7 Å². The Hall–Kier alpha value is -2.80. The van der Waals surface area contributed by atoms with Crippen molar-refractivity contribution in [1.82, 2.24) is 4.57 Å². The van der Waals surface area contributed by atoms with Crippen LogP contribution in [-0.4, -0.2) is 4.57 Å². The largest absolute Gasteiger partial charge is 0.469 e. The van der Waals surface area contributed by atoms with E-state index in [1.54, 1.807) is 24.5 Å². The van der Waals surface area contributed by atoms with Gasteiger partial charge in [-0.3, -0.25) is 0 Å². The van der Waals surface area contributed by atoms with Crippen molar-refractivity contribution in [2.24, 2.45) is 0 Å². The summed E-state index contributed by atoms with van der Waals surface area (Å²) in [7, 11) is 0. The zero-order valence-corrected chi connectivity index (χ0v) is 11.3. The minimum absolute atomic E-state index is 0.262. The minimum atomic E-state index is -0.262. The van der Waals surface area contributed by atoms with E-state index in [1.165, 1.54) is 12.1 Å². The lowest BCUT2D eigenvalue weighted by molar-refractivity contribution is 0.515. The molecule has 0 saturated heterocycles. The number of halogens is 1. The maximum atomic E-state index is 13.0. The van der Waals surface area contributed by atoms with E-state index in [-0.39, 0.29) is 5.82 Å². The summed E-state index contributed by atoms with van der Waals surface area (Å²) in [5, 5.41) is 9.23. The Labute approximate surface area is 121 Å². The average molecular weight is 280 g/mol. The summed E-state index contributed by atoms with van der Waals surface area (Å²) in [5.74, 6) is 0.584. The van der Waals surface area contributed by atoms with Gasteiger partial charge in [-0.15, -0.1) is 0 Å². The highest BCUT2D eigenvalue weighted by molar-refractivity contribution is 5.31. The number of furan rings is 1. The number of benzene rings is 1. The van der Waals surface area contributed by atoms with Gasteiger partial charge in [0.2, 0.25) is 0 Å². The summed E-state index contributed by atoms with van der Waals surface area (Å²) in [4.78, 5) is 0. The molecule has 0 spiro atoms. The van der Waals surface area contributed by atoms with Crippen LogP contribution < -0.4 is 0 Å². The van der Waals surface area contributed by atoms with Gasteiger partial charge < -0.3 is 8.98 Å². The van der Waals surface area contributed by atoms with Gasteiger partial charge in [-0.2, -0.15) is 5.26 Å². The van der Waals surface area contributed by atoms with Gasteiger partial charge in [-0.1, -0.05) is 12.1 Å². The maximum absolute atomic E-state index is 13.0. The van der Waals surface area contributed by atoms with Crippen molar-refractivity contribution < 1.29 is 8.81 Å². The molecule has 104 valence electrons. The third kappa shape index (κ3) is 2.87. The van der Waals surface area contributed by atoms with Crippen molar-refractivity contribution in [3.63, 3.8) is 0 Å². The monoisotopic (exact) mass is 280 g/mol. The van der Waals surface area contributed by atoms with Gasteiger partial charge in [0.15, 0.2) is 0 Å². The van der Waals surface area contributed by atoms with Gasteiger partial charge in [0.05, 0.1) is 6.26 Å². The molecule has 2 aromatic heterocycles. The van der Waals surface area contributed by atoms with Crippen LogP contribution in [0.2, 0.25) is 0 Å². The molecule has 0 aliphatic rings. The molecule has 0 aliphatic carbocycles. The lowest BCUT2D eigenvalue weighted by atomic mass is 10.2. The van der Waals surface area contributed by atoms with Crippen LogP contribution in [0.3, 0.4) is 0 Å². The fraction of sp³-hybridized carbons (Fsp3) is 0.118. The van der Waals surface area contributed by atoms with E-state index in [1.807, 2.05) is 22.8 Å². The highest BCUT2D eigenvalue weighted by Crippen LogP contribution is 2.17. The first-order valence-electron chi connectivity index (χ1n) is 6.61. The summed E-state index contributed by atoms with van der Waals surface area (Å²) >= 11 is 0. The molecule has 0 radical (unpaired) electrons. The van der Waals surface area contributed by atoms with E-state index >= 15 is 0 Å². The van der Waals surface area contributed by atoms with Gasteiger partial charge >= 0.3 is 0 Å². The van der Waals surface area contributed by atoms with Crippen LogP contribution in [0.4, 0.5) is 4.39 Å². The normalized spacial score (nSPS) is 10.5. The molecule has 0 atom stereocenters. The molecule has 1 aromatic carbocycles. The van der Waals surface area contributed by atoms with Crippen molar-refractivity contribution in [2.45, 2.75) is 13.0 Å². The van der Waals surface area contributed by atoms with Crippen molar-refractivity contribution in [3.8, 4) is 6.07 Å². The van der Waals surface area contributed by atoms with Crippen molar-refractivity contribution in [3.05, 3.63) is 83.3 Å². The van der Waals surface area contributed by atoms with Crippen LogP contribution in [0.5, 0.6) is 0 Å². The Bertz CT molecular complexity index is 764. The zero-order chi connectivity index (χ0) is 14.7. The van der Waals surface area contributed by atoms with E-state index in [9.17, 15) is 9.65 Å². The summed E-state index contributed by atoms with van der Waals surface area (Å²) in [6.45, 7) is 0.534. The predicted octanol–water partition coefficient (Wildman–Crippen LogP) is 3.73. The van der Waals surface area contributed by atoms with E-state index in [2.05, 4.69) is 6.07 Å². The van der Waals surface area contributed by atoms with Gasteiger partial charge in [-0.05, 0) is 42.0 Å². The summed E-state index contributed by atoms with van der Waals surface area (Å²) < 4.78 is 20.3. The molecular weight excluding hydrogens is 267 g/mol. The van der Waals surface area contributed by atoms with Crippen LogP contribution in [0.1, 0.15) is 22.7 Å². The van der Waals surface area contributed by atoms with Gasteiger partial charge in [0.25, 0.3) is 0 Å². The molecule has 0 amide bonds. The molecule has 0 fully saturated rings. The van der Waals surface area contributed by atoms with E-state index in [0.717, 1.165) is 17.0 Å². The van der Waals surface area contributed by atoms with Crippen LogP contribution in [0, 0.1) is 17.1 Å². The predicted molar refractivity (Wildman–Crippen MR) is 76.2 cm³/mol. The summed E-state index contributed by atoms with van der Waals surface area (Å²) in [5.41, 5.74) is 2.52. The number of nitriles is 1. The number of hydrogen-bond donors (Lipinski definition) is 0. The first kappa shape index (κ1) is 13.2. The lowest BCUT2D eigenvalue weighted by Crippen LogP contribution is -2.07. The molecule has 21 heavy (non-hydrogen) atoms. The first-order chi connectivity index (χ1) is 10.3. The summed E-state index contributed by atoms with van der Waals surface area (Å²) in [6.07, 6.45) is 2.25. The Morgan fingerprint density at radius 3 is 2.57 bits per heavy atom. The van der Waals surface area contributed by atoms with Crippen molar-refractivity contribution in [1.29, 1.82) is 5.26 Å². The third-order valence-corrected chi connectivity index (χ3v) is 3.38. The second-order valence-electron chi connectivity index (χ2n) is 4.79. The van der Waals surface area contributed by atoms with Crippen LogP contribution in [-0.2, 0) is 13.0 Å². The van der Waals surface area contributed by atoms with Crippen LogP contribution in [0.25, 0.3) is 0 Å². The molecule has 0 N–H and O–H groups in total. The summed E-state index contributed by atoms with van der Waals surface area (Å²) in [6, 6.07) is 16.0. The first-order valence-corrected chi connectivity index (χ1v) is 6.61. The molecule has 0 unspecified atom stereocenters. The Kier molecular flexibility index (Phi) is 3.57. The SMILES string of the molecule is N#Cc1ccc(Cc2ccco2)n1Cc1ccc(F)cc1. The molecule has 0 bridgehead atoms. The Morgan fingerprint density at radius 2 is 1.90 bits per heavy atom. The molecule has 3 aromatic rings. The lowest BCUT2D eigenvalue weighted by Gasteiger charge is -2.10. The molecule has 4 heteroatoms. The van der Waals surface area contributed by atoms with Crippen molar-refractivity contribution >= 4 is 0 Å². The molecule has 0 aliphatic heterocycles. The molecular formula is C17H13FN2O. The molecule has 3 nitrogen and oxygen atoms in total. The Morgan fingerprint density at radius 1 is 1.10 bits per heavy atom. The van der Waals surface area contributed by atoms with E-state index in [0.29, 0.717) is 18.7 Å². The third-order valence-electron chi connectivity index (χ3n) is 3.38. The standard InChI is InChI=1S/C17H13FN2O/c18-14-5-3-13(4-6-14)12-20-15(7-8-16(20)11-19)10-17-2-1-9-21-17/h1-9H,10,12H2. The van der Waals surface area contributed by atoms with E-state index < -0.39 is 0 Å². The fourth-order valence-electron chi connectivity index (χ4n) is 2.31. The highest BCUT2D eigenvalue weighted by atomic mass is 19.1. The highest BCUT2D eigenvalue weighted by Gasteiger charge is 2.10. The zero-order valence-electron chi connectivity index (χ0n) is 11.3. The fourth-order valence-corrected chi connectivity index (χ4v) is 2.31.